The minimum atomic E-state index is -0.275. The quantitative estimate of drug-likeness (QED) is 0.852. The third-order valence-electron chi connectivity index (χ3n) is 4.15. The zero-order chi connectivity index (χ0) is 17.0. The van der Waals surface area contributed by atoms with Crippen molar-refractivity contribution in [2.75, 3.05) is 40.3 Å². The van der Waals surface area contributed by atoms with Crippen molar-refractivity contribution in [3.8, 4) is 0 Å². The van der Waals surface area contributed by atoms with Crippen LogP contribution >= 0.6 is 0 Å². The SMILES string of the molecule is CC(Cc1ccccc1F)C(=O)N1CCN(C(=O)N(C)C)CC1. The summed E-state index contributed by atoms with van der Waals surface area (Å²) in [6, 6.07) is 6.52. The van der Waals surface area contributed by atoms with E-state index in [1.54, 1.807) is 42.1 Å². The van der Waals surface area contributed by atoms with Crippen LogP contribution in [0.5, 0.6) is 0 Å². The molecular weight excluding hydrogens is 297 g/mol. The van der Waals surface area contributed by atoms with Crippen molar-refractivity contribution < 1.29 is 14.0 Å². The van der Waals surface area contributed by atoms with Gasteiger partial charge in [-0.15, -0.1) is 0 Å². The molecule has 1 saturated heterocycles. The van der Waals surface area contributed by atoms with Gasteiger partial charge in [0, 0.05) is 46.2 Å². The smallest absolute Gasteiger partial charge is 0.319 e. The zero-order valence-corrected chi connectivity index (χ0v) is 14.0. The predicted octanol–water partition coefficient (Wildman–Crippen LogP) is 1.83. The van der Waals surface area contributed by atoms with Gasteiger partial charge in [-0.25, -0.2) is 9.18 Å². The number of carbonyl (C=O) groups excluding carboxylic acids is 2. The van der Waals surface area contributed by atoms with Crippen molar-refractivity contribution in [3.63, 3.8) is 0 Å². The van der Waals surface area contributed by atoms with Gasteiger partial charge in [-0.2, -0.15) is 0 Å². The number of hydrogen-bond acceptors (Lipinski definition) is 2. The molecule has 126 valence electrons. The molecule has 23 heavy (non-hydrogen) atoms. The average molecular weight is 321 g/mol. The number of halogens is 1. The van der Waals surface area contributed by atoms with E-state index in [1.807, 2.05) is 6.92 Å². The first-order chi connectivity index (χ1) is 10.9. The van der Waals surface area contributed by atoms with Crippen molar-refractivity contribution in [1.29, 1.82) is 0 Å². The lowest BCUT2D eigenvalue weighted by Gasteiger charge is -2.37. The summed E-state index contributed by atoms with van der Waals surface area (Å²) in [7, 11) is 3.44. The van der Waals surface area contributed by atoms with Crippen LogP contribution in [-0.4, -0.2) is 66.9 Å². The van der Waals surface area contributed by atoms with E-state index in [0.29, 0.717) is 38.2 Å². The molecule has 1 aromatic carbocycles. The van der Waals surface area contributed by atoms with Gasteiger partial charge in [0.2, 0.25) is 5.91 Å². The Hall–Kier alpha value is -2.11. The molecule has 1 fully saturated rings. The van der Waals surface area contributed by atoms with Crippen molar-refractivity contribution in [3.05, 3.63) is 35.6 Å². The Labute approximate surface area is 136 Å². The molecule has 1 aliphatic heterocycles. The minimum absolute atomic E-state index is 0.0187. The number of amides is 3. The minimum Gasteiger partial charge on any atom is -0.339 e. The van der Waals surface area contributed by atoms with Crippen LogP contribution in [0.25, 0.3) is 0 Å². The molecule has 6 heteroatoms. The molecule has 2 rings (SSSR count). The molecule has 5 nitrogen and oxygen atoms in total. The van der Waals surface area contributed by atoms with Crippen LogP contribution in [0.1, 0.15) is 12.5 Å². The molecule has 1 atom stereocenters. The highest BCUT2D eigenvalue weighted by molar-refractivity contribution is 5.79. The van der Waals surface area contributed by atoms with Gasteiger partial charge in [0.25, 0.3) is 0 Å². The Morgan fingerprint density at radius 1 is 1.13 bits per heavy atom. The maximum Gasteiger partial charge on any atom is 0.319 e. The Balaban J connectivity index is 1.89. The lowest BCUT2D eigenvalue weighted by Crippen LogP contribution is -2.53. The summed E-state index contributed by atoms with van der Waals surface area (Å²) < 4.78 is 13.7. The molecule has 1 aromatic rings. The van der Waals surface area contributed by atoms with Crippen LogP contribution in [0.2, 0.25) is 0 Å². The normalized spacial score (nSPS) is 16.2. The second-order valence-electron chi connectivity index (χ2n) is 6.19. The van der Waals surface area contributed by atoms with Gasteiger partial charge in [0.1, 0.15) is 5.82 Å². The molecule has 1 unspecified atom stereocenters. The third kappa shape index (κ3) is 4.21. The second-order valence-corrected chi connectivity index (χ2v) is 6.19. The topological polar surface area (TPSA) is 43.9 Å². The van der Waals surface area contributed by atoms with E-state index in [4.69, 9.17) is 0 Å². The van der Waals surface area contributed by atoms with E-state index in [-0.39, 0.29) is 23.7 Å². The molecule has 0 saturated carbocycles. The maximum atomic E-state index is 13.7. The summed E-state index contributed by atoms with van der Waals surface area (Å²) in [6.45, 7) is 3.95. The number of piperazine rings is 1. The number of hydrogen-bond donors (Lipinski definition) is 0. The van der Waals surface area contributed by atoms with E-state index in [9.17, 15) is 14.0 Å². The van der Waals surface area contributed by atoms with Gasteiger partial charge >= 0.3 is 6.03 Å². The van der Waals surface area contributed by atoms with E-state index < -0.39 is 0 Å². The monoisotopic (exact) mass is 321 g/mol. The summed E-state index contributed by atoms with van der Waals surface area (Å²) in [6.07, 6.45) is 0.391. The highest BCUT2D eigenvalue weighted by Crippen LogP contribution is 2.16. The van der Waals surface area contributed by atoms with Crippen molar-refractivity contribution >= 4 is 11.9 Å². The third-order valence-corrected chi connectivity index (χ3v) is 4.15. The zero-order valence-electron chi connectivity index (χ0n) is 14.0. The van der Waals surface area contributed by atoms with Gasteiger partial charge < -0.3 is 14.7 Å². The molecule has 0 radical (unpaired) electrons. The second kappa shape index (κ2) is 7.44. The summed E-state index contributed by atoms with van der Waals surface area (Å²) in [5.41, 5.74) is 0.565. The lowest BCUT2D eigenvalue weighted by molar-refractivity contribution is -0.136. The Morgan fingerprint density at radius 2 is 1.70 bits per heavy atom. The number of nitrogens with zero attached hydrogens (tertiary/aromatic N) is 3. The number of benzene rings is 1. The number of rotatable bonds is 3. The van der Waals surface area contributed by atoms with Crippen LogP contribution in [-0.2, 0) is 11.2 Å². The largest absolute Gasteiger partial charge is 0.339 e. The molecule has 0 aromatic heterocycles. The Bertz CT molecular complexity index is 569. The fourth-order valence-electron chi connectivity index (χ4n) is 2.79. The van der Waals surface area contributed by atoms with Crippen LogP contribution in [0.15, 0.2) is 24.3 Å². The fraction of sp³-hybridized carbons (Fsp3) is 0.529. The van der Waals surface area contributed by atoms with Crippen LogP contribution in [0.4, 0.5) is 9.18 Å². The molecule has 0 N–H and O–H groups in total. The van der Waals surface area contributed by atoms with E-state index in [0.717, 1.165) is 0 Å². The summed E-state index contributed by atoms with van der Waals surface area (Å²) in [4.78, 5) is 29.5. The van der Waals surface area contributed by atoms with Gasteiger partial charge in [-0.3, -0.25) is 4.79 Å². The first-order valence-electron chi connectivity index (χ1n) is 7.88. The van der Waals surface area contributed by atoms with E-state index in [1.165, 1.54) is 11.0 Å². The average Bonchev–Trinajstić information content (AvgIpc) is 2.55. The Kier molecular flexibility index (Phi) is 5.58. The van der Waals surface area contributed by atoms with Gasteiger partial charge in [-0.05, 0) is 18.1 Å². The molecule has 0 aliphatic carbocycles. The van der Waals surface area contributed by atoms with Crippen molar-refractivity contribution in [1.82, 2.24) is 14.7 Å². The fourth-order valence-corrected chi connectivity index (χ4v) is 2.79. The summed E-state index contributed by atoms with van der Waals surface area (Å²) in [5, 5.41) is 0. The standard InChI is InChI=1S/C17H24FN3O2/c1-13(12-14-6-4-5-7-15(14)18)16(22)20-8-10-21(11-9-20)17(23)19(2)3/h4-7,13H,8-12H2,1-3H3. The molecular formula is C17H24FN3O2. The first-order valence-corrected chi connectivity index (χ1v) is 7.88. The maximum absolute atomic E-state index is 13.7. The Morgan fingerprint density at radius 3 is 2.26 bits per heavy atom. The number of urea groups is 1. The number of carbonyl (C=O) groups is 2. The highest BCUT2D eigenvalue weighted by Gasteiger charge is 2.27. The van der Waals surface area contributed by atoms with Crippen molar-refractivity contribution in [2.45, 2.75) is 13.3 Å². The summed E-state index contributed by atoms with van der Waals surface area (Å²) >= 11 is 0. The van der Waals surface area contributed by atoms with Crippen molar-refractivity contribution in [2.24, 2.45) is 5.92 Å². The summed E-state index contributed by atoms with van der Waals surface area (Å²) in [5.74, 6) is -0.526. The van der Waals surface area contributed by atoms with Crippen LogP contribution < -0.4 is 0 Å². The lowest BCUT2D eigenvalue weighted by atomic mass is 9.99. The van der Waals surface area contributed by atoms with Gasteiger partial charge in [-0.1, -0.05) is 25.1 Å². The first kappa shape index (κ1) is 17.2. The molecule has 3 amide bonds. The van der Waals surface area contributed by atoms with Gasteiger partial charge in [0.15, 0.2) is 0 Å². The van der Waals surface area contributed by atoms with E-state index >= 15 is 0 Å². The molecule has 0 bridgehead atoms. The van der Waals surface area contributed by atoms with Crippen LogP contribution in [0.3, 0.4) is 0 Å². The molecule has 1 aliphatic rings. The van der Waals surface area contributed by atoms with E-state index in [2.05, 4.69) is 0 Å². The predicted molar refractivity (Wildman–Crippen MR) is 86.5 cm³/mol. The molecule has 0 spiro atoms. The van der Waals surface area contributed by atoms with Crippen LogP contribution in [0, 0.1) is 11.7 Å². The molecule has 1 heterocycles. The van der Waals surface area contributed by atoms with Gasteiger partial charge in [0.05, 0.1) is 0 Å². The highest BCUT2D eigenvalue weighted by atomic mass is 19.1.